The molecule has 1 aliphatic rings. The van der Waals surface area contributed by atoms with E-state index in [1.165, 1.54) is 0 Å². The Bertz CT molecular complexity index is 1040. The van der Waals surface area contributed by atoms with Crippen LogP contribution >= 0.6 is 0 Å². The number of carbonyl (C=O) groups is 1. The molecule has 0 spiro atoms. The van der Waals surface area contributed by atoms with Crippen LogP contribution in [-0.4, -0.2) is 51.8 Å². The number of pyridine rings is 1. The van der Waals surface area contributed by atoms with Crippen molar-refractivity contribution in [3.63, 3.8) is 0 Å². The Kier molecular flexibility index (Phi) is 5.48. The number of likely N-dealkylation sites (N-methyl/N-ethyl adjacent to an activating group) is 1. The monoisotopic (exact) mass is 389 g/mol. The van der Waals surface area contributed by atoms with Gasteiger partial charge in [-0.05, 0) is 36.7 Å². The van der Waals surface area contributed by atoms with Gasteiger partial charge in [-0.3, -0.25) is 9.59 Å². The molecule has 0 saturated carbocycles. The van der Waals surface area contributed by atoms with E-state index in [1.807, 2.05) is 43.4 Å². The Morgan fingerprint density at radius 1 is 1.14 bits per heavy atom. The SMILES string of the molecule is CN(C(=O)c1ccc(-c2ccc(Cn3ccccc3=O)cc2)nn1)C1CCNC1. The second kappa shape index (κ2) is 8.36. The van der Waals surface area contributed by atoms with Crippen molar-refractivity contribution in [1.29, 1.82) is 0 Å². The molecule has 4 rings (SSSR count). The van der Waals surface area contributed by atoms with Crippen LogP contribution in [0.1, 0.15) is 22.5 Å². The minimum Gasteiger partial charge on any atom is -0.336 e. The summed E-state index contributed by atoms with van der Waals surface area (Å²) >= 11 is 0. The Balaban J connectivity index is 1.45. The van der Waals surface area contributed by atoms with E-state index in [-0.39, 0.29) is 17.5 Å². The highest BCUT2D eigenvalue weighted by molar-refractivity contribution is 5.92. The zero-order chi connectivity index (χ0) is 20.2. The quantitative estimate of drug-likeness (QED) is 0.720. The molecule has 3 aromatic rings. The standard InChI is InChI=1S/C22H23N5O2/c1-26(18-11-12-23-14-18)22(29)20-10-9-19(24-25-20)17-7-5-16(6-8-17)15-27-13-3-2-4-21(27)28/h2-10,13,18,23H,11-12,14-15H2,1H3. The highest BCUT2D eigenvalue weighted by Crippen LogP contribution is 2.18. The third-order valence-corrected chi connectivity index (χ3v) is 5.29. The number of hydrogen-bond donors (Lipinski definition) is 1. The first-order valence-electron chi connectivity index (χ1n) is 9.68. The molecule has 29 heavy (non-hydrogen) atoms. The van der Waals surface area contributed by atoms with Crippen LogP contribution in [-0.2, 0) is 6.54 Å². The smallest absolute Gasteiger partial charge is 0.274 e. The average molecular weight is 389 g/mol. The summed E-state index contributed by atoms with van der Waals surface area (Å²) in [6.45, 7) is 2.26. The summed E-state index contributed by atoms with van der Waals surface area (Å²) in [5, 5.41) is 11.6. The number of aromatic nitrogens is 3. The van der Waals surface area contributed by atoms with E-state index in [1.54, 1.807) is 33.9 Å². The van der Waals surface area contributed by atoms with Gasteiger partial charge in [-0.25, -0.2) is 0 Å². The summed E-state index contributed by atoms with van der Waals surface area (Å²) in [5.41, 5.74) is 2.96. The first-order chi connectivity index (χ1) is 14.1. The van der Waals surface area contributed by atoms with Crippen LogP contribution in [0.3, 0.4) is 0 Å². The number of carbonyl (C=O) groups excluding carboxylic acids is 1. The fourth-order valence-corrected chi connectivity index (χ4v) is 3.49. The largest absolute Gasteiger partial charge is 0.336 e. The van der Waals surface area contributed by atoms with Crippen molar-refractivity contribution < 1.29 is 4.79 Å². The molecule has 0 aliphatic carbocycles. The van der Waals surface area contributed by atoms with Crippen molar-refractivity contribution in [2.75, 3.05) is 20.1 Å². The normalized spacial score (nSPS) is 16.0. The number of amides is 1. The van der Waals surface area contributed by atoms with Gasteiger partial charge in [-0.2, -0.15) is 0 Å². The fraction of sp³-hybridized carbons (Fsp3) is 0.273. The van der Waals surface area contributed by atoms with Gasteiger partial charge in [0.25, 0.3) is 11.5 Å². The number of nitrogens with zero attached hydrogens (tertiary/aromatic N) is 4. The molecule has 7 nitrogen and oxygen atoms in total. The first-order valence-corrected chi connectivity index (χ1v) is 9.68. The maximum atomic E-state index is 12.6. The van der Waals surface area contributed by atoms with Crippen molar-refractivity contribution in [1.82, 2.24) is 25.0 Å². The summed E-state index contributed by atoms with van der Waals surface area (Å²) in [4.78, 5) is 26.2. The lowest BCUT2D eigenvalue weighted by Gasteiger charge is -2.23. The molecule has 0 bridgehead atoms. The number of benzene rings is 1. The van der Waals surface area contributed by atoms with E-state index in [4.69, 9.17) is 0 Å². The van der Waals surface area contributed by atoms with Crippen LogP contribution in [0.25, 0.3) is 11.3 Å². The molecule has 1 fully saturated rings. The van der Waals surface area contributed by atoms with Crippen molar-refractivity contribution in [2.45, 2.75) is 19.0 Å². The zero-order valence-corrected chi connectivity index (χ0v) is 16.3. The number of hydrogen-bond acceptors (Lipinski definition) is 5. The maximum Gasteiger partial charge on any atom is 0.274 e. The summed E-state index contributed by atoms with van der Waals surface area (Å²) in [6.07, 6.45) is 2.73. The molecule has 148 valence electrons. The average Bonchev–Trinajstić information content (AvgIpc) is 3.30. The predicted octanol–water partition coefficient (Wildman–Crippen LogP) is 1.79. The Hall–Kier alpha value is -3.32. The van der Waals surface area contributed by atoms with Gasteiger partial charge in [0.05, 0.1) is 12.2 Å². The second-order valence-corrected chi connectivity index (χ2v) is 7.23. The van der Waals surface area contributed by atoms with Crippen LogP contribution < -0.4 is 10.9 Å². The molecule has 1 amide bonds. The summed E-state index contributed by atoms with van der Waals surface area (Å²) in [7, 11) is 1.81. The van der Waals surface area contributed by atoms with Crippen molar-refractivity contribution >= 4 is 5.91 Å². The molecular weight excluding hydrogens is 366 g/mol. The molecule has 1 N–H and O–H groups in total. The Labute approximate surface area is 169 Å². The maximum absolute atomic E-state index is 12.6. The minimum atomic E-state index is -0.110. The van der Waals surface area contributed by atoms with E-state index < -0.39 is 0 Å². The highest BCUT2D eigenvalue weighted by Gasteiger charge is 2.25. The predicted molar refractivity (Wildman–Crippen MR) is 111 cm³/mol. The van der Waals surface area contributed by atoms with Gasteiger partial charge in [0.1, 0.15) is 0 Å². The van der Waals surface area contributed by atoms with Gasteiger partial charge in [0, 0.05) is 37.5 Å². The molecule has 0 radical (unpaired) electrons. The van der Waals surface area contributed by atoms with Crippen LogP contribution in [0.2, 0.25) is 0 Å². The fourth-order valence-electron chi connectivity index (χ4n) is 3.49. The lowest BCUT2D eigenvalue weighted by molar-refractivity contribution is 0.0736. The number of rotatable bonds is 5. The molecule has 7 heteroatoms. The molecule has 1 unspecified atom stereocenters. The number of nitrogens with one attached hydrogen (secondary N) is 1. The second-order valence-electron chi connectivity index (χ2n) is 7.23. The van der Waals surface area contributed by atoms with Crippen LogP contribution in [0.4, 0.5) is 0 Å². The van der Waals surface area contributed by atoms with Crippen molar-refractivity contribution in [3.8, 4) is 11.3 Å². The van der Waals surface area contributed by atoms with Crippen LogP contribution in [0, 0.1) is 0 Å². The van der Waals surface area contributed by atoms with Crippen molar-refractivity contribution in [3.05, 3.63) is 82.4 Å². The Morgan fingerprint density at radius 2 is 1.97 bits per heavy atom. The lowest BCUT2D eigenvalue weighted by atomic mass is 10.1. The van der Waals surface area contributed by atoms with E-state index >= 15 is 0 Å². The molecular formula is C22H23N5O2. The molecule has 1 aromatic carbocycles. The molecule has 1 saturated heterocycles. The van der Waals surface area contributed by atoms with Gasteiger partial charge >= 0.3 is 0 Å². The first kappa shape index (κ1) is 19.0. The van der Waals surface area contributed by atoms with E-state index in [0.29, 0.717) is 17.9 Å². The lowest BCUT2D eigenvalue weighted by Crippen LogP contribution is -2.38. The van der Waals surface area contributed by atoms with E-state index in [0.717, 1.165) is 30.6 Å². The summed E-state index contributed by atoms with van der Waals surface area (Å²) < 4.78 is 1.66. The van der Waals surface area contributed by atoms with E-state index in [9.17, 15) is 9.59 Å². The van der Waals surface area contributed by atoms with E-state index in [2.05, 4.69) is 15.5 Å². The minimum absolute atomic E-state index is 0.0268. The van der Waals surface area contributed by atoms with Crippen LogP contribution in [0.5, 0.6) is 0 Å². The summed E-state index contributed by atoms with van der Waals surface area (Å²) in [5.74, 6) is -0.110. The van der Waals surface area contributed by atoms with Gasteiger partial charge in [-0.1, -0.05) is 30.3 Å². The van der Waals surface area contributed by atoms with Gasteiger partial charge in [0.15, 0.2) is 5.69 Å². The zero-order valence-electron chi connectivity index (χ0n) is 16.3. The van der Waals surface area contributed by atoms with Crippen LogP contribution in [0.15, 0.2) is 65.6 Å². The molecule has 3 heterocycles. The van der Waals surface area contributed by atoms with Crippen molar-refractivity contribution in [2.24, 2.45) is 0 Å². The van der Waals surface area contributed by atoms with Gasteiger partial charge in [-0.15, -0.1) is 10.2 Å². The molecule has 2 aromatic heterocycles. The van der Waals surface area contributed by atoms with Gasteiger partial charge < -0.3 is 14.8 Å². The van der Waals surface area contributed by atoms with Gasteiger partial charge in [0.2, 0.25) is 0 Å². The topological polar surface area (TPSA) is 80.1 Å². The molecule has 1 aliphatic heterocycles. The molecule has 1 atom stereocenters. The summed E-state index contributed by atoms with van der Waals surface area (Å²) in [6, 6.07) is 16.7. The third kappa shape index (κ3) is 4.25. The highest BCUT2D eigenvalue weighted by atomic mass is 16.2. The Morgan fingerprint density at radius 3 is 2.62 bits per heavy atom. The third-order valence-electron chi connectivity index (χ3n) is 5.29.